The van der Waals surface area contributed by atoms with E-state index in [0.717, 1.165) is 5.56 Å². The summed E-state index contributed by atoms with van der Waals surface area (Å²) in [6.45, 7) is 1.54. The van der Waals surface area contributed by atoms with E-state index in [1.165, 1.54) is 0 Å². The molecule has 16 heavy (non-hydrogen) atoms. The van der Waals surface area contributed by atoms with E-state index in [-0.39, 0.29) is 5.78 Å². The molecule has 0 aromatic carbocycles. The van der Waals surface area contributed by atoms with Gasteiger partial charge in [0.2, 0.25) is 11.7 Å². The first-order chi connectivity index (χ1) is 7.75. The molecule has 2 aromatic heterocycles. The highest BCUT2D eigenvalue weighted by molar-refractivity contribution is 5.75. The van der Waals surface area contributed by atoms with Gasteiger partial charge in [0.05, 0.1) is 0 Å². The fraction of sp³-hybridized carbons (Fsp3) is 0.273. The van der Waals surface area contributed by atoms with Gasteiger partial charge < -0.3 is 9.32 Å². The van der Waals surface area contributed by atoms with Gasteiger partial charge in [-0.1, -0.05) is 5.16 Å². The van der Waals surface area contributed by atoms with E-state index in [9.17, 15) is 4.79 Å². The number of aryl methyl sites for hydroxylation is 1. The zero-order valence-corrected chi connectivity index (χ0v) is 8.88. The standard InChI is InChI=1S/C11H11N3O2/c1-8(15)2-3-10-13-11(14-16-10)9-4-6-12-7-5-9/h4-7H,2-3H2,1H3. The lowest BCUT2D eigenvalue weighted by atomic mass is 10.2. The molecule has 0 amide bonds. The third-order valence-electron chi connectivity index (χ3n) is 2.10. The molecule has 0 radical (unpaired) electrons. The van der Waals surface area contributed by atoms with Crippen molar-refractivity contribution >= 4 is 5.78 Å². The molecule has 0 atom stereocenters. The Bertz CT molecular complexity index is 479. The number of carbonyl (C=O) groups excluding carboxylic acids is 1. The maximum absolute atomic E-state index is 10.8. The van der Waals surface area contributed by atoms with Gasteiger partial charge in [-0.05, 0) is 19.1 Å². The molecule has 0 aliphatic carbocycles. The quantitative estimate of drug-likeness (QED) is 0.778. The van der Waals surface area contributed by atoms with E-state index in [1.54, 1.807) is 31.5 Å². The summed E-state index contributed by atoms with van der Waals surface area (Å²) in [5, 5.41) is 3.84. The summed E-state index contributed by atoms with van der Waals surface area (Å²) in [5.41, 5.74) is 0.854. The van der Waals surface area contributed by atoms with Gasteiger partial charge in [0.15, 0.2) is 0 Å². The fourth-order valence-electron chi connectivity index (χ4n) is 1.26. The predicted molar refractivity (Wildman–Crippen MR) is 56.5 cm³/mol. The van der Waals surface area contributed by atoms with E-state index in [2.05, 4.69) is 15.1 Å². The predicted octanol–water partition coefficient (Wildman–Crippen LogP) is 1.65. The molecule has 0 N–H and O–H groups in total. The molecule has 5 heteroatoms. The summed E-state index contributed by atoms with van der Waals surface area (Å²) >= 11 is 0. The van der Waals surface area contributed by atoms with Crippen LogP contribution in [0, 0.1) is 0 Å². The van der Waals surface area contributed by atoms with Crippen molar-refractivity contribution in [2.24, 2.45) is 0 Å². The van der Waals surface area contributed by atoms with Crippen LogP contribution < -0.4 is 0 Å². The Morgan fingerprint density at radius 2 is 2.12 bits per heavy atom. The topological polar surface area (TPSA) is 68.9 Å². The summed E-state index contributed by atoms with van der Waals surface area (Å²) in [7, 11) is 0. The average Bonchev–Trinajstić information content (AvgIpc) is 2.76. The van der Waals surface area contributed by atoms with Crippen LogP contribution >= 0.6 is 0 Å². The minimum Gasteiger partial charge on any atom is -0.339 e. The number of carbonyl (C=O) groups is 1. The molecule has 0 unspecified atom stereocenters. The largest absolute Gasteiger partial charge is 0.339 e. The van der Waals surface area contributed by atoms with E-state index in [1.807, 2.05) is 0 Å². The first-order valence-electron chi connectivity index (χ1n) is 4.98. The van der Waals surface area contributed by atoms with Gasteiger partial charge in [-0.2, -0.15) is 4.98 Å². The average molecular weight is 217 g/mol. The summed E-state index contributed by atoms with van der Waals surface area (Å²) in [5.74, 6) is 1.13. The number of pyridine rings is 1. The normalized spacial score (nSPS) is 10.3. The van der Waals surface area contributed by atoms with Crippen molar-refractivity contribution in [2.45, 2.75) is 19.8 Å². The first-order valence-corrected chi connectivity index (χ1v) is 4.98. The van der Waals surface area contributed by atoms with Gasteiger partial charge in [-0.15, -0.1) is 0 Å². The molecule has 0 spiro atoms. The Labute approximate surface area is 92.5 Å². The van der Waals surface area contributed by atoms with Crippen molar-refractivity contribution in [1.82, 2.24) is 15.1 Å². The molecule has 2 aromatic rings. The van der Waals surface area contributed by atoms with Crippen molar-refractivity contribution in [3.05, 3.63) is 30.4 Å². The van der Waals surface area contributed by atoms with Crippen LogP contribution in [0.1, 0.15) is 19.2 Å². The fourth-order valence-corrected chi connectivity index (χ4v) is 1.26. The monoisotopic (exact) mass is 217 g/mol. The number of nitrogens with zero attached hydrogens (tertiary/aromatic N) is 3. The molecule has 0 bridgehead atoms. The van der Waals surface area contributed by atoms with Crippen LogP contribution in [0.4, 0.5) is 0 Å². The van der Waals surface area contributed by atoms with Crippen molar-refractivity contribution in [3.8, 4) is 11.4 Å². The van der Waals surface area contributed by atoms with Gasteiger partial charge in [0.25, 0.3) is 0 Å². The third-order valence-corrected chi connectivity index (χ3v) is 2.10. The summed E-state index contributed by atoms with van der Waals surface area (Å²) in [4.78, 5) is 18.9. The highest BCUT2D eigenvalue weighted by atomic mass is 16.5. The molecule has 0 saturated heterocycles. The Hall–Kier alpha value is -2.04. The SMILES string of the molecule is CC(=O)CCc1nc(-c2ccncc2)no1. The molecule has 2 rings (SSSR count). The van der Waals surface area contributed by atoms with Gasteiger partial charge in [-0.3, -0.25) is 4.98 Å². The Morgan fingerprint density at radius 3 is 2.81 bits per heavy atom. The number of hydrogen-bond acceptors (Lipinski definition) is 5. The highest BCUT2D eigenvalue weighted by Crippen LogP contribution is 2.14. The van der Waals surface area contributed by atoms with Crippen molar-refractivity contribution < 1.29 is 9.32 Å². The highest BCUT2D eigenvalue weighted by Gasteiger charge is 2.08. The van der Waals surface area contributed by atoms with E-state index >= 15 is 0 Å². The first kappa shape index (κ1) is 10.5. The van der Waals surface area contributed by atoms with Crippen LogP contribution in [0.25, 0.3) is 11.4 Å². The molecule has 2 heterocycles. The molecule has 0 aliphatic rings. The number of rotatable bonds is 4. The van der Waals surface area contributed by atoms with Crippen LogP contribution in [0.15, 0.2) is 29.0 Å². The van der Waals surface area contributed by atoms with Crippen LogP contribution in [-0.4, -0.2) is 20.9 Å². The lowest BCUT2D eigenvalue weighted by Crippen LogP contribution is -1.94. The Balaban J connectivity index is 2.11. The molecular weight excluding hydrogens is 206 g/mol. The maximum atomic E-state index is 10.8. The number of hydrogen-bond donors (Lipinski definition) is 0. The number of Topliss-reactive ketones (excluding diaryl/α,β-unsaturated/α-hetero) is 1. The second kappa shape index (κ2) is 4.65. The number of ketones is 1. The van der Waals surface area contributed by atoms with Gasteiger partial charge in [0.1, 0.15) is 5.78 Å². The molecule has 82 valence electrons. The molecular formula is C11H11N3O2. The van der Waals surface area contributed by atoms with Crippen LogP contribution in [-0.2, 0) is 11.2 Å². The minimum absolute atomic E-state index is 0.115. The summed E-state index contributed by atoms with van der Waals surface area (Å²) in [6.07, 6.45) is 4.26. The van der Waals surface area contributed by atoms with E-state index in [4.69, 9.17) is 4.52 Å². The van der Waals surface area contributed by atoms with Gasteiger partial charge in [-0.25, -0.2) is 0 Å². The van der Waals surface area contributed by atoms with Gasteiger partial charge in [0, 0.05) is 30.8 Å². The zero-order valence-electron chi connectivity index (χ0n) is 8.88. The molecule has 5 nitrogen and oxygen atoms in total. The Morgan fingerprint density at radius 1 is 1.38 bits per heavy atom. The lowest BCUT2D eigenvalue weighted by Gasteiger charge is -1.90. The zero-order chi connectivity index (χ0) is 11.4. The van der Waals surface area contributed by atoms with Crippen molar-refractivity contribution in [1.29, 1.82) is 0 Å². The summed E-state index contributed by atoms with van der Waals surface area (Å²) < 4.78 is 5.04. The second-order valence-electron chi connectivity index (χ2n) is 3.45. The van der Waals surface area contributed by atoms with Crippen LogP contribution in [0.3, 0.4) is 0 Å². The van der Waals surface area contributed by atoms with Crippen LogP contribution in [0.2, 0.25) is 0 Å². The smallest absolute Gasteiger partial charge is 0.227 e. The Kier molecular flexibility index (Phi) is 3.05. The van der Waals surface area contributed by atoms with E-state index < -0.39 is 0 Å². The molecule has 0 fully saturated rings. The van der Waals surface area contributed by atoms with Gasteiger partial charge >= 0.3 is 0 Å². The maximum Gasteiger partial charge on any atom is 0.227 e. The third kappa shape index (κ3) is 2.50. The summed E-state index contributed by atoms with van der Waals surface area (Å²) in [6, 6.07) is 3.61. The van der Waals surface area contributed by atoms with E-state index in [0.29, 0.717) is 24.6 Å². The van der Waals surface area contributed by atoms with Crippen molar-refractivity contribution in [2.75, 3.05) is 0 Å². The van der Waals surface area contributed by atoms with Crippen molar-refractivity contribution in [3.63, 3.8) is 0 Å². The molecule has 0 aliphatic heterocycles. The van der Waals surface area contributed by atoms with Crippen LogP contribution in [0.5, 0.6) is 0 Å². The minimum atomic E-state index is 0.115. The number of aromatic nitrogens is 3. The second-order valence-corrected chi connectivity index (χ2v) is 3.45. The lowest BCUT2D eigenvalue weighted by molar-refractivity contribution is -0.117. The molecule has 0 saturated carbocycles.